The van der Waals surface area contributed by atoms with Gasteiger partial charge in [0, 0.05) is 12.2 Å². The van der Waals surface area contributed by atoms with E-state index in [-0.39, 0.29) is 12.5 Å². The van der Waals surface area contributed by atoms with Gasteiger partial charge in [-0.3, -0.25) is 4.79 Å². The van der Waals surface area contributed by atoms with Gasteiger partial charge in [-0.05, 0) is 31.2 Å². The van der Waals surface area contributed by atoms with E-state index in [1.165, 1.54) is 0 Å². The zero-order chi connectivity index (χ0) is 10.4. The van der Waals surface area contributed by atoms with Gasteiger partial charge in [-0.25, -0.2) is 0 Å². The fourth-order valence-corrected chi connectivity index (χ4v) is 0.961. The van der Waals surface area contributed by atoms with Gasteiger partial charge in [0.05, 0.1) is 0 Å². The second-order valence-corrected chi connectivity index (χ2v) is 2.81. The minimum Gasteiger partial charge on any atom is -0.484 e. The molecular weight excluding hydrogens is 180 g/mol. The molecular formula is C10H14N2O2. The maximum absolute atomic E-state index is 11.0. The number of ether oxygens (including phenoxy) is 1. The van der Waals surface area contributed by atoms with E-state index in [9.17, 15) is 4.79 Å². The first-order valence-corrected chi connectivity index (χ1v) is 4.47. The fraction of sp³-hybridized carbons (Fsp3) is 0.300. The molecule has 0 spiro atoms. The summed E-state index contributed by atoms with van der Waals surface area (Å²) in [6, 6.07) is 6.92. The molecule has 0 heterocycles. The molecule has 0 radical (unpaired) electrons. The Labute approximate surface area is 83.1 Å². The van der Waals surface area contributed by atoms with Crippen molar-refractivity contribution in [3.8, 4) is 5.75 Å². The van der Waals surface area contributed by atoms with Crippen LogP contribution >= 0.6 is 0 Å². The molecule has 0 bridgehead atoms. The molecule has 0 aliphatic heterocycles. The Morgan fingerprint density at radius 2 is 2.07 bits per heavy atom. The maximum Gasteiger partial charge on any atom is 0.257 e. The van der Waals surface area contributed by atoms with E-state index in [0.29, 0.717) is 18.0 Å². The zero-order valence-electron chi connectivity index (χ0n) is 8.12. The lowest BCUT2D eigenvalue weighted by Crippen LogP contribution is -2.28. The van der Waals surface area contributed by atoms with Crippen LogP contribution in [-0.2, 0) is 4.79 Å². The van der Waals surface area contributed by atoms with Crippen LogP contribution in [0.3, 0.4) is 0 Å². The van der Waals surface area contributed by atoms with Gasteiger partial charge in [0.2, 0.25) is 0 Å². The molecule has 1 amide bonds. The monoisotopic (exact) mass is 194 g/mol. The van der Waals surface area contributed by atoms with Crippen molar-refractivity contribution >= 4 is 11.6 Å². The smallest absolute Gasteiger partial charge is 0.257 e. The maximum atomic E-state index is 11.0. The van der Waals surface area contributed by atoms with Gasteiger partial charge in [-0.1, -0.05) is 0 Å². The lowest BCUT2D eigenvalue weighted by atomic mass is 10.3. The molecule has 1 aromatic rings. The lowest BCUT2D eigenvalue weighted by molar-refractivity contribution is -0.122. The lowest BCUT2D eigenvalue weighted by Gasteiger charge is -2.05. The van der Waals surface area contributed by atoms with Crippen molar-refractivity contribution in [3.05, 3.63) is 24.3 Å². The van der Waals surface area contributed by atoms with Crippen LogP contribution < -0.4 is 15.8 Å². The van der Waals surface area contributed by atoms with Crippen LogP contribution in [0.4, 0.5) is 5.69 Å². The highest BCUT2D eigenvalue weighted by Crippen LogP contribution is 2.12. The van der Waals surface area contributed by atoms with Gasteiger partial charge in [0.15, 0.2) is 6.61 Å². The van der Waals surface area contributed by atoms with Crippen molar-refractivity contribution in [1.29, 1.82) is 0 Å². The minimum atomic E-state index is -0.121. The van der Waals surface area contributed by atoms with E-state index in [2.05, 4.69) is 5.32 Å². The summed E-state index contributed by atoms with van der Waals surface area (Å²) in [6.07, 6.45) is 0. The summed E-state index contributed by atoms with van der Waals surface area (Å²) in [4.78, 5) is 11.0. The molecule has 76 valence electrons. The largest absolute Gasteiger partial charge is 0.484 e. The molecule has 0 atom stereocenters. The van der Waals surface area contributed by atoms with Crippen molar-refractivity contribution in [2.75, 3.05) is 18.9 Å². The van der Waals surface area contributed by atoms with E-state index in [1.54, 1.807) is 24.3 Å². The van der Waals surface area contributed by atoms with Crippen molar-refractivity contribution in [2.45, 2.75) is 6.92 Å². The van der Waals surface area contributed by atoms with E-state index < -0.39 is 0 Å². The van der Waals surface area contributed by atoms with Gasteiger partial charge in [-0.2, -0.15) is 0 Å². The van der Waals surface area contributed by atoms with Crippen LogP contribution in [0, 0.1) is 0 Å². The van der Waals surface area contributed by atoms with E-state index in [4.69, 9.17) is 10.5 Å². The number of rotatable bonds is 4. The SMILES string of the molecule is CCNC(=O)COc1ccc(N)cc1. The van der Waals surface area contributed by atoms with E-state index >= 15 is 0 Å². The highest BCUT2D eigenvalue weighted by molar-refractivity contribution is 5.77. The third kappa shape index (κ3) is 3.35. The summed E-state index contributed by atoms with van der Waals surface area (Å²) < 4.78 is 5.21. The summed E-state index contributed by atoms with van der Waals surface area (Å²) in [5.41, 5.74) is 6.17. The van der Waals surface area contributed by atoms with Gasteiger partial charge in [0.1, 0.15) is 5.75 Å². The number of amides is 1. The Balaban J connectivity index is 2.38. The van der Waals surface area contributed by atoms with Crippen LogP contribution in [0.2, 0.25) is 0 Å². The number of benzene rings is 1. The Kier molecular flexibility index (Phi) is 3.79. The molecule has 0 saturated carbocycles. The summed E-state index contributed by atoms with van der Waals surface area (Å²) in [5, 5.41) is 2.64. The van der Waals surface area contributed by atoms with Crippen molar-refractivity contribution in [3.63, 3.8) is 0 Å². The first kappa shape index (κ1) is 10.4. The first-order chi connectivity index (χ1) is 6.72. The van der Waals surface area contributed by atoms with Crippen LogP contribution in [0.15, 0.2) is 24.3 Å². The predicted octanol–water partition coefficient (Wildman–Crippen LogP) is 0.784. The van der Waals surface area contributed by atoms with Gasteiger partial charge in [0.25, 0.3) is 5.91 Å². The zero-order valence-corrected chi connectivity index (χ0v) is 8.12. The van der Waals surface area contributed by atoms with Crippen LogP contribution in [0.5, 0.6) is 5.75 Å². The third-order valence-electron chi connectivity index (χ3n) is 1.62. The Hall–Kier alpha value is -1.71. The van der Waals surface area contributed by atoms with Crippen LogP contribution in [-0.4, -0.2) is 19.1 Å². The molecule has 1 aromatic carbocycles. The quantitative estimate of drug-likeness (QED) is 0.696. The fourth-order valence-electron chi connectivity index (χ4n) is 0.961. The molecule has 0 aliphatic carbocycles. The Morgan fingerprint density at radius 3 is 2.64 bits per heavy atom. The van der Waals surface area contributed by atoms with Crippen LogP contribution in [0.25, 0.3) is 0 Å². The number of carbonyl (C=O) groups excluding carboxylic acids is 1. The average molecular weight is 194 g/mol. The minimum absolute atomic E-state index is 0.0394. The van der Waals surface area contributed by atoms with E-state index in [1.807, 2.05) is 6.92 Å². The molecule has 14 heavy (non-hydrogen) atoms. The average Bonchev–Trinajstić information content (AvgIpc) is 2.17. The number of nitrogens with one attached hydrogen (secondary N) is 1. The molecule has 4 heteroatoms. The predicted molar refractivity (Wildman–Crippen MR) is 55.0 cm³/mol. The van der Waals surface area contributed by atoms with E-state index in [0.717, 1.165) is 0 Å². The Morgan fingerprint density at radius 1 is 1.43 bits per heavy atom. The number of anilines is 1. The number of hydrogen-bond acceptors (Lipinski definition) is 3. The van der Waals surface area contributed by atoms with Crippen LogP contribution in [0.1, 0.15) is 6.92 Å². The molecule has 1 rings (SSSR count). The van der Waals surface area contributed by atoms with Gasteiger partial charge >= 0.3 is 0 Å². The van der Waals surface area contributed by atoms with Crippen molar-refractivity contribution in [2.24, 2.45) is 0 Å². The number of nitrogen functional groups attached to an aromatic ring is 1. The molecule has 0 unspecified atom stereocenters. The first-order valence-electron chi connectivity index (χ1n) is 4.47. The Bertz CT molecular complexity index is 295. The van der Waals surface area contributed by atoms with Crippen molar-refractivity contribution < 1.29 is 9.53 Å². The molecule has 3 N–H and O–H groups in total. The molecule has 0 saturated heterocycles. The molecule has 4 nitrogen and oxygen atoms in total. The standard InChI is InChI=1S/C10H14N2O2/c1-2-12-10(13)7-14-9-5-3-8(11)4-6-9/h3-6H,2,7,11H2,1H3,(H,12,13). The summed E-state index contributed by atoms with van der Waals surface area (Å²) >= 11 is 0. The highest BCUT2D eigenvalue weighted by atomic mass is 16.5. The number of hydrogen-bond donors (Lipinski definition) is 2. The molecule has 0 fully saturated rings. The number of likely N-dealkylation sites (N-methyl/N-ethyl adjacent to an activating group) is 1. The van der Waals surface area contributed by atoms with Crippen molar-refractivity contribution in [1.82, 2.24) is 5.32 Å². The number of nitrogens with two attached hydrogens (primary N) is 1. The summed E-state index contributed by atoms with van der Waals surface area (Å²) in [5.74, 6) is 0.523. The van der Waals surface area contributed by atoms with Gasteiger partial charge < -0.3 is 15.8 Å². The second-order valence-electron chi connectivity index (χ2n) is 2.81. The summed E-state index contributed by atoms with van der Waals surface area (Å²) in [6.45, 7) is 2.52. The third-order valence-corrected chi connectivity index (χ3v) is 1.62. The molecule has 0 aliphatic rings. The topological polar surface area (TPSA) is 64.3 Å². The normalized spacial score (nSPS) is 9.50. The number of carbonyl (C=O) groups is 1. The summed E-state index contributed by atoms with van der Waals surface area (Å²) in [7, 11) is 0. The van der Waals surface area contributed by atoms with Gasteiger partial charge in [-0.15, -0.1) is 0 Å². The highest BCUT2D eigenvalue weighted by Gasteiger charge is 1.99. The molecule has 0 aromatic heterocycles. The second kappa shape index (κ2) is 5.11.